The van der Waals surface area contributed by atoms with Crippen LogP contribution in [0.1, 0.15) is 53.0 Å². The van der Waals surface area contributed by atoms with Gasteiger partial charge in [-0.3, -0.25) is 0 Å². The Balaban J connectivity index is 1.91. The SMILES string of the molecule is CC(C)Oc1ccc(-c2ccnc(N3CCC(C#N)CC3)n2)cc1C(C)(C)C. The predicted molar refractivity (Wildman–Crippen MR) is 112 cm³/mol. The molecule has 1 aromatic carbocycles. The van der Waals surface area contributed by atoms with Gasteiger partial charge in [0.25, 0.3) is 0 Å². The van der Waals surface area contributed by atoms with E-state index in [0.29, 0.717) is 0 Å². The van der Waals surface area contributed by atoms with Gasteiger partial charge in [-0.1, -0.05) is 20.8 Å². The highest BCUT2D eigenvalue weighted by Gasteiger charge is 2.23. The first kappa shape index (κ1) is 20.1. The summed E-state index contributed by atoms with van der Waals surface area (Å²) in [7, 11) is 0. The normalized spacial score (nSPS) is 15.5. The van der Waals surface area contributed by atoms with Crippen LogP contribution in [-0.4, -0.2) is 29.2 Å². The van der Waals surface area contributed by atoms with Gasteiger partial charge in [0.05, 0.1) is 17.9 Å². The fraction of sp³-hybridized carbons (Fsp3) is 0.522. The van der Waals surface area contributed by atoms with Gasteiger partial charge in [-0.05, 0) is 56.4 Å². The minimum atomic E-state index is -0.0325. The number of anilines is 1. The van der Waals surface area contributed by atoms with Crippen molar-refractivity contribution in [2.45, 2.75) is 59.0 Å². The molecule has 1 fully saturated rings. The standard InChI is InChI=1S/C23H30N4O/c1-16(2)28-21-7-6-18(14-19(21)23(3,4)5)20-8-11-25-22(26-20)27-12-9-17(15-24)10-13-27/h6-8,11,14,16-17H,9-10,12-13H2,1-5H3. The Bertz CT molecular complexity index is 856. The molecule has 2 heterocycles. The van der Waals surface area contributed by atoms with E-state index >= 15 is 0 Å². The fourth-order valence-electron chi connectivity index (χ4n) is 3.50. The first-order chi connectivity index (χ1) is 13.3. The first-order valence-electron chi connectivity index (χ1n) is 10.1. The smallest absolute Gasteiger partial charge is 0.225 e. The van der Waals surface area contributed by atoms with Crippen LogP contribution in [-0.2, 0) is 5.41 Å². The highest BCUT2D eigenvalue weighted by molar-refractivity contribution is 5.64. The Morgan fingerprint density at radius 3 is 2.50 bits per heavy atom. The van der Waals surface area contributed by atoms with Crippen LogP contribution < -0.4 is 9.64 Å². The lowest BCUT2D eigenvalue weighted by molar-refractivity contribution is 0.236. The van der Waals surface area contributed by atoms with Gasteiger partial charge in [-0.15, -0.1) is 0 Å². The molecular weight excluding hydrogens is 348 g/mol. The zero-order valence-corrected chi connectivity index (χ0v) is 17.6. The van der Waals surface area contributed by atoms with Crippen LogP contribution in [0.2, 0.25) is 0 Å². The van der Waals surface area contributed by atoms with E-state index in [-0.39, 0.29) is 17.4 Å². The van der Waals surface area contributed by atoms with Crippen molar-refractivity contribution in [3.63, 3.8) is 0 Å². The molecule has 0 atom stereocenters. The van der Waals surface area contributed by atoms with E-state index in [1.165, 1.54) is 5.56 Å². The van der Waals surface area contributed by atoms with E-state index in [1.807, 2.05) is 26.1 Å². The number of nitriles is 1. The van der Waals surface area contributed by atoms with E-state index in [2.05, 4.69) is 54.9 Å². The molecule has 1 aromatic heterocycles. The zero-order chi connectivity index (χ0) is 20.3. The van der Waals surface area contributed by atoms with Gasteiger partial charge >= 0.3 is 0 Å². The third-order valence-electron chi connectivity index (χ3n) is 5.05. The van der Waals surface area contributed by atoms with Gasteiger partial charge in [0.2, 0.25) is 5.95 Å². The Morgan fingerprint density at radius 2 is 1.89 bits per heavy atom. The van der Waals surface area contributed by atoms with Crippen molar-refractivity contribution in [1.29, 1.82) is 5.26 Å². The molecule has 0 N–H and O–H groups in total. The summed E-state index contributed by atoms with van der Waals surface area (Å²) in [4.78, 5) is 11.5. The maximum Gasteiger partial charge on any atom is 0.225 e. The Kier molecular flexibility index (Phi) is 5.88. The quantitative estimate of drug-likeness (QED) is 0.752. The second-order valence-corrected chi connectivity index (χ2v) is 8.76. The highest BCUT2D eigenvalue weighted by Crippen LogP contribution is 2.35. The molecule has 1 aliphatic rings. The molecule has 0 bridgehead atoms. The van der Waals surface area contributed by atoms with E-state index in [0.717, 1.165) is 48.9 Å². The van der Waals surface area contributed by atoms with Crippen LogP contribution in [0.25, 0.3) is 11.3 Å². The summed E-state index contributed by atoms with van der Waals surface area (Å²) in [6.45, 7) is 12.4. The number of nitrogens with zero attached hydrogens (tertiary/aromatic N) is 4. The average molecular weight is 379 g/mol. The monoisotopic (exact) mass is 378 g/mol. The number of benzene rings is 1. The summed E-state index contributed by atoms with van der Waals surface area (Å²) in [6, 6.07) is 10.6. The molecule has 0 amide bonds. The third kappa shape index (κ3) is 4.62. The van der Waals surface area contributed by atoms with E-state index in [9.17, 15) is 0 Å². The maximum absolute atomic E-state index is 9.10. The summed E-state index contributed by atoms with van der Waals surface area (Å²) in [6.07, 6.45) is 3.71. The number of hydrogen-bond donors (Lipinski definition) is 0. The van der Waals surface area contributed by atoms with Crippen molar-refractivity contribution in [2.75, 3.05) is 18.0 Å². The molecule has 1 aliphatic heterocycles. The number of hydrogen-bond acceptors (Lipinski definition) is 5. The lowest BCUT2D eigenvalue weighted by atomic mass is 9.85. The Labute approximate surface area is 168 Å². The molecular formula is C23H30N4O. The number of ether oxygens (including phenoxy) is 1. The van der Waals surface area contributed by atoms with Crippen LogP contribution in [0.5, 0.6) is 5.75 Å². The molecule has 0 radical (unpaired) electrons. The second-order valence-electron chi connectivity index (χ2n) is 8.76. The largest absolute Gasteiger partial charge is 0.491 e. The lowest BCUT2D eigenvalue weighted by Crippen LogP contribution is -2.34. The van der Waals surface area contributed by atoms with Gasteiger partial charge in [-0.2, -0.15) is 5.26 Å². The zero-order valence-electron chi connectivity index (χ0n) is 17.6. The van der Waals surface area contributed by atoms with Crippen LogP contribution in [0.3, 0.4) is 0 Å². The molecule has 0 aliphatic carbocycles. The molecule has 0 spiro atoms. The minimum absolute atomic E-state index is 0.0325. The molecule has 1 saturated heterocycles. The van der Waals surface area contributed by atoms with Crippen LogP contribution in [0.15, 0.2) is 30.5 Å². The maximum atomic E-state index is 9.10. The number of piperidine rings is 1. The minimum Gasteiger partial charge on any atom is -0.491 e. The lowest BCUT2D eigenvalue weighted by Gasteiger charge is -2.29. The molecule has 148 valence electrons. The third-order valence-corrected chi connectivity index (χ3v) is 5.05. The van der Waals surface area contributed by atoms with E-state index < -0.39 is 0 Å². The van der Waals surface area contributed by atoms with Gasteiger partial charge in [0, 0.05) is 36.3 Å². The van der Waals surface area contributed by atoms with Crippen molar-refractivity contribution < 1.29 is 4.74 Å². The predicted octanol–water partition coefficient (Wildman–Crippen LogP) is 4.97. The molecule has 0 unspecified atom stereocenters. The Morgan fingerprint density at radius 1 is 1.18 bits per heavy atom. The molecule has 5 nitrogen and oxygen atoms in total. The van der Waals surface area contributed by atoms with Gasteiger partial charge in [-0.25, -0.2) is 9.97 Å². The van der Waals surface area contributed by atoms with E-state index in [4.69, 9.17) is 15.0 Å². The summed E-state index contributed by atoms with van der Waals surface area (Å²) < 4.78 is 6.03. The van der Waals surface area contributed by atoms with Gasteiger partial charge in [0.1, 0.15) is 5.75 Å². The van der Waals surface area contributed by atoms with Crippen molar-refractivity contribution in [3.05, 3.63) is 36.0 Å². The molecule has 2 aromatic rings. The van der Waals surface area contributed by atoms with Gasteiger partial charge < -0.3 is 9.64 Å². The van der Waals surface area contributed by atoms with Crippen LogP contribution in [0, 0.1) is 17.2 Å². The van der Waals surface area contributed by atoms with Gasteiger partial charge in [0.15, 0.2) is 0 Å². The molecule has 0 saturated carbocycles. The molecule has 5 heteroatoms. The van der Waals surface area contributed by atoms with Crippen molar-refractivity contribution >= 4 is 5.95 Å². The van der Waals surface area contributed by atoms with E-state index in [1.54, 1.807) is 0 Å². The van der Waals surface area contributed by atoms with Crippen molar-refractivity contribution in [1.82, 2.24) is 9.97 Å². The Hall–Kier alpha value is -2.61. The second kappa shape index (κ2) is 8.18. The summed E-state index contributed by atoms with van der Waals surface area (Å²) in [5.74, 6) is 1.83. The fourth-order valence-corrected chi connectivity index (χ4v) is 3.50. The van der Waals surface area contributed by atoms with Crippen LogP contribution in [0.4, 0.5) is 5.95 Å². The highest BCUT2D eigenvalue weighted by atomic mass is 16.5. The number of rotatable bonds is 4. The summed E-state index contributed by atoms with van der Waals surface area (Å²) in [5, 5.41) is 9.10. The van der Waals surface area contributed by atoms with Crippen molar-refractivity contribution in [2.24, 2.45) is 5.92 Å². The molecule has 28 heavy (non-hydrogen) atoms. The first-order valence-corrected chi connectivity index (χ1v) is 10.1. The topological polar surface area (TPSA) is 62.0 Å². The summed E-state index contributed by atoms with van der Waals surface area (Å²) in [5.41, 5.74) is 3.12. The van der Waals surface area contributed by atoms with Crippen LogP contribution >= 0.6 is 0 Å². The molecule has 3 rings (SSSR count). The number of aromatic nitrogens is 2. The van der Waals surface area contributed by atoms with Crippen molar-refractivity contribution in [3.8, 4) is 23.1 Å². The average Bonchev–Trinajstić information content (AvgIpc) is 2.67. The summed E-state index contributed by atoms with van der Waals surface area (Å²) >= 11 is 0.